The first-order chi connectivity index (χ1) is 23.4. The topological polar surface area (TPSA) is 49.7 Å². The molecule has 2 atom stereocenters. The normalized spacial score (nSPS) is 23.9. The third-order valence-electron chi connectivity index (χ3n) is 11.3. The monoisotopic (exact) mass is 646 g/mol. The predicted octanol–water partition coefficient (Wildman–Crippen LogP) is 9.46. The predicted molar refractivity (Wildman–Crippen MR) is 203 cm³/mol. The molecule has 246 valence electrons. The summed E-state index contributed by atoms with van der Waals surface area (Å²) in [4.78, 5) is 14.4. The van der Waals surface area contributed by atoms with Gasteiger partial charge in [-0.3, -0.25) is 9.98 Å². The Bertz CT molecular complexity index is 2170. The number of hydrogen-bond donors (Lipinski definition) is 0. The van der Waals surface area contributed by atoms with Gasteiger partial charge in [0.2, 0.25) is 11.4 Å². The van der Waals surface area contributed by atoms with Crippen molar-refractivity contribution in [1.29, 1.82) is 0 Å². The van der Waals surface area contributed by atoms with Gasteiger partial charge in [-0.05, 0) is 92.8 Å². The van der Waals surface area contributed by atoms with Crippen LogP contribution in [0.25, 0.3) is 17.8 Å². The average molecular weight is 647 g/mol. The SMILES string of the molecule is C=CC1=C(c2ccccc2C)N=CC2(O1)N(C)c1cc(/C=C/c3ccc4c(c3)N=CC3(O4)N(C)c4ccccc4C3(C)C)ccc1C2(C)C. The Hall–Kier alpha value is -5.36. The zero-order valence-corrected chi connectivity index (χ0v) is 29.3. The number of nitrogens with zero attached hydrogens (tertiary/aromatic N) is 4. The van der Waals surface area contributed by atoms with Crippen molar-refractivity contribution in [3.8, 4) is 5.75 Å². The molecule has 6 nitrogen and oxygen atoms in total. The van der Waals surface area contributed by atoms with Gasteiger partial charge in [0.15, 0.2) is 0 Å². The Morgan fingerprint density at radius 2 is 1.29 bits per heavy atom. The van der Waals surface area contributed by atoms with E-state index >= 15 is 0 Å². The quantitative estimate of drug-likeness (QED) is 0.207. The number of allylic oxidation sites excluding steroid dienone is 1. The zero-order chi connectivity index (χ0) is 34.3. The van der Waals surface area contributed by atoms with E-state index in [1.807, 2.05) is 30.6 Å². The summed E-state index contributed by atoms with van der Waals surface area (Å²) in [5.41, 5.74) is 8.55. The molecule has 0 saturated heterocycles. The minimum absolute atomic E-state index is 0.284. The van der Waals surface area contributed by atoms with Crippen LogP contribution < -0.4 is 14.5 Å². The molecular formula is C43H42N4O2. The summed E-state index contributed by atoms with van der Waals surface area (Å²) in [6, 6.07) is 29.6. The molecule has 2 unspecified atom stereocenters. The second-order valence-corrected chi connectivity index (χ2v) is 14.6. The second-order valence-electron chi connectivity index (χ2n) is 14.6. The number of para-hydroxylation sites is 1. The lowest BCUT2D eigenvalue weighted by Crippen LogP contribution is -2.61. The maximum atomic E-state index is 6.90. The number of aryl methyl sites for hydroxylation is 1. The molecule has 0 N–H and O–H groups in total. The van der Waals surface area contributed by atoms with E-state index in [1.165, 1.54) is 16.8 Å². The molecule has 0 fully saturated rings. The third kappa shape index (κ3) is 4.19. The third-order valence-corrected chi connectivity index (χ3v) is 11.3. The Kier molecular flexibility index (Phi) is 6.67. The number of rotatable bonds is 4. The Labute approximate surface area is 289 Å². The van der Waals surface area contributed by atoms with Gasteiger partial charge in [0, 0.05) is 31.0 Å². The second kappa shape index (κ2) is 10.6. The Balaban J connectivity index is 1.06. The maximum absolute atomic E-state index is 6.90. The van der Waals surface area contributed by atoms with Crippen molar-refractivity contribution in [2.45, 2.75) is 56.9 Å². The van der Waals surface area contributed by atoms with Gasteiger partial charge in [0.1, 0.15) is 22.9 Å². The van der Waals surface area contributed by atoms with Gasteiger partial charge in [0.05, 0.1) is 23.3 Å². The summed E-state index contributed by atoms with van der Waals surface area (Å²) >= 11 is 0. The number of benzene rings is 4. The van der Waals surface area contributed by atoms with E-state index in [-0.39, 0.29) is 10.8 Å². The number of ether oxygens (including phenoxy) is 2. The van der Waals surface area contributed by atoms with E-state index in [4.69, 9.17) is 19.5 Å². The van der Waals surface area contributed by atoms with Crippen molar-refractivity contribution in [3.63, 3.8) is 0 Å². The molecule has 6 heteroatoms. The molecule has 8 rings (SSSR count). The molecule has 4 heterocycles. The molecule has 0 amide bonds. The fraction of sp³-hybridized carbons (Fsp3) is 0.256. The summed E-state index contributed by atoms with van der Waals surface area (Å²) in [7, 11) is 4.17. The van der Waals surface area contributed by atoms with Crippen LogP contribution >= 0.6 is 0 Å². The van der Waals surface area contributed by atoms with Crippen LogP contribution in [0.2, 0.25) is 0 Å². The number of anilines is 2. The van der Waals surface area contributed by atoms with E-state index in [1.54, 1.807) is 6.08 Å². The first kappa shape index (κ1) is 30.9. The highest BCUT2D eigenvalue weighted by Gasteiger charge is 2.59. The zero-order valence-electron chi connectivity index (χ0n) is 29.3. The van der Waals surface area contributed by atoms with Gasteiger partial charge in [-0.25, -0.2) is 0 Å². The summed E-state index contributed by atoms with van der Waals surface area (Å²) < 4.78 is 13.7. The standard InChI is InChI=1S/C43H42N4O2/c1-9-37-39(31-15-11-10-14-28(31)2)45-27-43(48-37)41(5,6)33-22-20-30(25-36(33)47(43)8)19-18-29-21-23-38-34(24-29)44-26-42(49-38)40(3,4)32-16-12-13-17-35(32)46(42)7/h9-27H,1H2,2-8H3/b19-18+. The van der Waals surface area contributed by atoms with Crippen LogP contribution in [0.3, 0.4) is 0 Å². The highest BCUT2D eigenvalue weighted by Crippen LogP contribution is 2.55. The smallest absolute Gasteiger partial charge is 0.228 e. The molecule has 4 aliphatic rings. The number of aliphatic imine (C=N–C) groups is 2. The van der Waals surface area contributed by atoms with Crippen LogP contribution in [0.1, 0.15) is 61.1 Å². The summed E-state index contributed by atoms with van der Waals surface area (Å²) in [5.74, 6) is 1.47. The van der Waals surface area contributed by atoms with Gasteiger partial charge in [-0.2, -0.15) is 0 Å². The molecular weight excluding hydrogens is 604 g/mol. The molecule has 0 bridgehead atoms. The van der Waals surface area contributed by atoms with E-state index in [2.05, 4.69) is 144 Å². The van der Waals surface area contributed by atoms with E-state index in [9.17, 15) is 0 Å². The van der Waals surface area contributed by atoms with Gasteiger partial charge >= 0.3 is 0 Å². The lowest BCUT2D eigenvalue weighted by molar-refractivity contribution is 0.0242. The molecule has 0 saturated carbocycles. The molecule has 2 spiro atoms. The minimum atomic E-state index is -0.801. The molecule has 0 aromatic heterocycles. The van der Waals surface area contributed by atoms with Gasteiger partial charge in [-0.1, -0.05) is 79.4 Å². The van der Waals surface area contributed by atoms with E-state index < -0.39 is 11.4 Å². The molecule has 4 aromatic carbocycles. The lowest BCUT2D eigenvalue weighted by Gasteiger charge is -2.45. The summed E-state index contributed by atoms with van der Waals surface area (Å²) in [5, 5.41) is 0. The van der Waals surface area contributed by atoms with Crippen LogP contribution in [0, 0.1) is 6.92 Å². The first-order valence-electron chi connectivity index (χ1n) is 16.9. The molecule has 49 heavy (non-hydrogen) atoms. The summed E-state index contributed by atoms with van der Waals surface area (Å²) in [6.07, 6.45) is 10.0. The maximum Gasteiger partial charge on any atom is 0.228 e. The van der Waals surface area contributed by atoms with Crippen LogP contribution in [-0.4, -0.2) is 38.0 Å². The Morgan fingerprint density at radius 1 is 0.673 bits per heavy atom. The fourth-order valence-electron chi connectivity index (χ4n) is 8.23. The van der Waals surface area contributed by atoms with Crippen LogP contribution in [-0.2, 0) is 15.6 Å². The molecule has 0 radical (unpaired) electrons. The average Bonchev–Trinajstić information content (AvgIpc) is 3.37. The highest BCUT2D eigenvalue weighted by molar-refractivity contribution is 5.92. The lowest BCUT2D eigenvalue weighted by atomic mass is 9.77. The highest BCUT2D eigenvalue weighted by atomic mass is 16.5. The van der Waals surface area contributed by atoms with E-state index in [0.717, 1.165) is 45.1 Å². The summed E-state index contributed by atoms with van der Waals surface area (Å²) in [6.45, 7) is 15.1. The van der Waals surface area contributed by atoms with Crippen molar-refractivity contribution in [2.24, 2.45) is 9.98 Å². The first-order valence-corrected chi connectivity index (χ1v) is 16.9. The van der Waals surface area contributed by atoms with Crippen molar-refractivity contribution in [3.05, 3.63) is 137 Å². The van der Waals surface area contributed by atoms with Gasteiger partial charge < -0.3 is 19.3 Å². The molecule has 4 aromatic rings. The fourth-order valence-corrected chi connectivity index (χ4v) is 8.23. The van der Waals surface area contributed by atoms with Crippen LogP contribution in [0.4, 0.5) is 17.1 Å². The number of likely N-dealkylation sites (N-methyl/N-ethyl adjacent to an activating group) is 2. The largest absolute Gasteiger partial charge is 0.459 e. The number of hydrogen-bond acceptors (Lipinski definition) is 6. The van der Waals surface area contributed by atoms with E-state index in [0.29, 0.717) is 5.76 Å². The van der Waals surface area contributed by atoms with Crippen molar-refractivity contribution >= 4 is 47.3 Å². The Morgan fingerprint density at radius 3 is 2.02 bits per heavy atom. The van der Waals surface area contributed by atoms with Crippen molar-refractivity contribution in [2.75, 3.05) is 23.9 Å². The van der Waals surface area contributed by atoms with Gasteiger partial charge in [0.25, 0.3) is 0 Å². The van der Waals surface area contributed by atoms with Gasteiger partial charge in [-0.15, -0.1) is 0 Å². The molecule has 4 aliphatic heterocycles. The van der Waals surface area contributed by atoms with Crippen molar-refractivity contribution < 1.29 is 9.47 Å². The number of fused-ring (bicyclic) bond motifs is 3. The minimum Gasteiger partial charge on any atom is -0.459 e. The van der Waals surface area contributed by atoms with Crippen molar-refractivity contribution in [1.82, 2.24) is 0 Å². The van der Waals surface area contributed by atoms with Crippen LogP contribution in [0.15, 0.2) is 113 Å². The van der Waals surface area contributed by atoms with Crippen LogP contribution in [0.5, 0.6) is 5.75 Å². The molecule has 0 aliphatic carbocycles.